The summed E-state index contributed by atoms with van der Waals surface area (Å²) in [6.07, 6.45) is 1.06. The Morgan fingerprint density at radius 3 is 2.42 bits per heavy atom. The third kappa shape index (κ3) is 6.10. The maximum atomic E-state index is 5.10. The number of aryl methyl sites for hydroxylation is 2. The van der Waals surface area contributed by atoms with E-state index in [1.54, 1.807) is 6.92 Å². The van der Waals surface area contributed by atoms with Gasteiger partial charge in [0.05, 0.1) is 0 Å². The van der Waals surface area contributed by atoms with Gasteiger partial charge in [-0.25, -0.2) is 4.99 Å². The molecular formula is C17H26IN5O. The minimum atomic E-state index is 0. The van der Waals surface area contributed by atoms with Crippen molar-refractivity contribution in [3.63, 3.8) is 0 Å². The first-order valence-electron chi connectivity index (χ1n) is 7.98. The molecule has 24 heavy (non-hydrogen) atoms. The lowest BCUT2D eigenvalue weighted by Gasteiger charge is -2.22. The lowest BCUT2D eigenvalue weighted by atomic mass is 10.1. The molecule has 1 aromatic heterocycles. The maximum Gasteiger partial charge on any atom is 0.248 e. The minimum absolute atomic E-state index is 0. The van der Waals surface area contributed by atoms with Crippen molar-refractivity contribution in [2.24, 2.45) is 4.99 Å². The average molecular weight is 443 g/mol. The summed E-state index contributed by atoms with van der Waals surface area (Å²) in [4.78, 5) is 10.8. The zero-order valence-electron chi connectivity index (χ0n) is 14.7. The Morgan fingerprint density at radius 2 is 1.88 bits per heavy atom. The van der Waals surface area contributed by atoms with E-state index in [4.69, 9.17) is 4.52 Å². The summed E-state index contributed by atoms with van der Waals surface area (Å²) in [6.45, 7) is 7.99. The normalized spacial score (nSPS) is 11.1. The van der Waals surface area contributed by atoms with Crippen LogP contribution in [0.1, 0.15) is 36.7 Å². The molecule has 0 saturated heterocycles. The van der Waals surface area contributed by atoms with Gasteiger partial charge in [-0.05, 0) is 31.4 Å². The quantitative estimate of drug-likeness (QED) is 0.422. The van der Waals surface area contributed by atoms with E-state index in [1.165, 1.54) is 11.1 Å². The second-order valence-electron chi connectivity index (χ2n) is 5.43. The number of aromatic nitrogens is 2. The first-order chi connectivity index (χ1) is 11.1. The molecular weight excluding hydrogens is 417 g/mol. The van der Waals surface area contributed by atoms with Crippen LogP contribution in [-0.2, 0) is 19.5 Å². The number of nitrogens with one attached hydrogen (secondary N) is 1. The van der Waals surface area contributed by atoms with Crippen LogP contribution in [0.4, 0.5) is 0 Å². The molecule has 0 saturated carbocycles. The molecule has 0 radical (unpaired) electrons. The molecule has 6 nitrogen and oxygen atoms in total. The Hall–Kier alpha value is -1.64. The van der Waals surface area contributed by atoms with Crippen molar-refractivity contribution in [3.05, 3.63) is 47.1 Å². The van der Waals surface area contributed by atoms with Gasteiger partial charge < -0.3 is 14.7 Å². The summed E-state index contributed by atoms with van der Waals surface area (Å²) in [5.74, 6) is 1.98. The van der Waals surface area contributed by atoms with E-state index in [9.17, 15) is 0 Å². The second-order valence-corrected chi connectivity index (χ2v) is 5.43. The molecule has 1 aromatic carbocycles. The molecule has 132 valence electrons. The van der Waals surface area contributed by atoms with E-state index < -0.39 is 0 Å². The monoisotopic (exact) mass is 443 g/mol. The van der Waals surface area contributed by atoms with Crippen molar-refractivity contribution in [1.82, 2.24) is 20.4 Å². The molecule has 7 heteroatoms. The van der Waals surface area contributed by atoms with Crippen molar-refractivity contribution in [1.29, 1.82) is 0 Å². The van der Waals surface area contributed by atoms with Crippen molar-refractivity contribution in [3.8, 4) is 0 Å². The zero-order chi connectivity index (χ0) is 16.7. The fraction of sp³-hybridized carbons (Fsp3) is 0.471. The molecule has 0 unspecified atom stereocenters. The minimum Gasteiger partial charge on any atom is -0.357 e. The third-order valence-electron chi connectivity index (χ3n) is 3.48. The van der Waals surface area contributed by atoms with E-state index in [2.05, 4.69) is 63.5 Å². The van der Waals surface area contributed by atoms with Crippen LogP contribution >= 0.6 is 24.0 Å². The van der Waals surface area contributed by atoms with E-state index >= 15 is 0 Å². The van der Waals surface area contributed by atoms with Crippen LogP contribution in [0.25, 0.3) is 0 Å². The number of benzene rings is 1. The summed E-state index contributed by atoms with van der Waals surface area (Å²) < 4.78 is 5.10. The molecule has 1 heterocycles. The Kier molecular flexibility index (Phi) is 8.73. The number of halogens is 1. The molecule has 1 N–H and O–H groups in total. The van der Waals surface area contributed by atoms with Crippen molar-refractivity contribution in [2.45, 2.75) is 40.3 Å². The maximum absolute atomic E-state index is 5.10. The van der Waals surface area contributed by atoms with Gasteiger partial charge in [0, 0.05) is 20.1 Å². The molecule has 2 rings (SSSR count). The van der Waals surface area contributed by atoms with E-state index in [-0.39, 0.29) is 24.0 Å². The topological polar surface area (TPSA) is 66.5 Å². The summed E-state index contributed by atoms with van der Waals surface area (Å²) in [5, 5.41) is 7.07. The largest absolute Gasteiger partial charge is 0.357 e. The highest BCUT2D eigenvalue weighted by atomic mass is 127. The number of rotatable bonds is 6. The fourth-order valence-electron chi connectivity index (χ4n) is 2.25. The second kappa shape index (κ2) is 10.3. The van der Waals surface area contributed by atoms with E-state index in [0.717, 1.165) is 25.5 Å². The van der Waals surface area contributed by atoms with Gasteiger partial charge >= 0.3 is 0 Å². The molecule has 2 aromatic rings. The van der Waals surface area contributed by atoms with Crippen LogP contribution in [0.5, 0.6) is 0 Å². The molecule has 0 aliphatic carbocycles. The highest BCUT2D eigenvalue weighted by Gasteiger charge is 2.08. The van der Waals surface area contributed by atoms with Crippen LogP contribution in [0, 0.1) is 6.92 Å². The van der Waals surface area contributed by atoms with Gasteiger partial charge in [-0.2, -0.15) is 4.98 Å². The number of nitrogens with zero attached hydrogens (tertiary/aromatic N) is 4. The average Bonchev–Trinajstić information content (AvgIpc) is 2.97. The lowest BCUT2D eigenvalue weighted by Crippen LogP contribution is -2.38. The van der Waals surface area contributed by atoms with E-state index in [1.807, 2.05) is 7.05 Å². The molecule has 0 fully saturated rings. The molecule has 0 bridgehead atoms. The number of hydrogen-bond donors (Lipinski definition) is 1. The first-order valence-corrected chi connectivity index (χ1v) is 7.98. The standard InChI is InChI=1S/C17H25N5O.HI/c1-5-14-7-9-15(10-8-14)12-22(4)17(18-6-2)19-11-16-20-13(3)21-23-16;/h7-10H,5-6,11-12H2,1-4H3,(H,18,19);1H. The van der Waals surface area contributed by atoms with E-state index in [0.29, 0.717) is 18.3 Å². The third-order valence-corrected chi connectivity index (χ3v) is 3.48. The van der Waals surface area contributed by atoms with Crippen molar-refractivity contribution >= 4 is 29.9 Å². The molecule has 0 spiro atoms. The van der Waals surface area contributed by atoms with Crippen LogP contribution in [0.3, 0.4) is 0 Å². The Bertz CT molecular complexity index is 639. The van der Waals surface area contributed by atoms with Crippen LogP contribution in [0.2, 0.25) is 0 Å². The fourth-order valence-corrected chi connectivity index (χ4v) is 2.25. The smallest absolute Gasteiger partial charge is 0.248 e. The van der Waals surface area contributed by atoms with Crippen LogP contribution in [0.15, 0.2) is 33.8 Å². The lowest BCUT2D eigenvalue weighted by molar-refractivity contribution is 0.375. The SMILES string of the molecule is CCNC(=NCc1nc(C)no1)N(C)Cc1ccc(CC)cc1.I. The highest BCUT2D eigenvalue weighted by Crippen LogP contribution is 2.08. The van der Waals surface area contributed by atoms with Crippen molar-refractivity contribution < 1.29 is 4.52 Å². The first kappa shape index (κ1) is 20.4. The number of guanidine groups is 1. The van der Waals surface area contributed by atoms with Gasteiger partial charge in [0.25, 0.3) is 0 Å². The van der Waals surface area contributed by atoms with Gasteiger partial charge in [-0.15, -0.1) is 24.0 Å². The van der Waals surface area contributed by atoms with Gasteiger partial charge in [0.15, 0.2) is 11.8 Å². The summed E-state index contributed by atoms with van der Waals surface area (Å²) in [7, 11) is 2.02. The summed E-state index contributed by atoms with van der Waals surface area (Å²) >= 11 is 0. The van der Waals surface area contributed by atoms with Gasteiger partial charge in [-0.1, -0.05) is 36.3 Å². The van der Waals surface area contributed by atoms with Crippen LogP contribution in [-0.4, -0.2) is 34.6 Å². The highest BCUT2D eigenvalue weighted by molar-refractivity contribution is 14.0. The molecule has 0 atom stereocenters. The Labute approximate surface area is 160 Å². The van der Waals surface area contributed by atoms with Crippen LogP contribution < -0.4 is 5.32 Å². The molecule has 0 amide bonds. The predicted octanol–water partition coefficient (Wildman–Crippen LogP) is 3.16. The Morgan fingerprint density at radius 1 is 1.21 bits per heavy atom. The van der Waals surface area contributed by atoms with Crippen molar-refractivity contribution in [2.75, 3.05) is 13.6 Å². The van der Waals surface area contributed by atoms with Gasteiger partial charge in [-0.3, -0.25) is 0 Å². The molecule has 0 aliphatic heterocycles. The number of hydrogen-bond acceptors (Lipinski definition) is 4. The van der Waals surface area contributed by atoms with Gasteiger partial charge in [0.1, 0.15) is 6.54 Å². The van der Waals surface area contributed by atoms with Gasteiger partial charge in [0.2, 0.25) is 5.89 Å². The summed E-state index contributed by atoms with van der Waals surface area (Å²) in [6, 6.07) is 8.68. The molecule has 0 aliphatic rings. The predicted molar refractivity (Wildman–Crippen MR) is 107 cm³/mol. The summed E-state index contributed by atoms with van der Waals surface area (Å²) in [5.41, 5.74) is 2.60. The number of aliphatic imine (C=N–C) groups is 1. The Balaban J connectivity index is 0.00000288. The zero-order valence-corrected chi connectivity index (χ0v) is 17.1.